The molecular formula is C13H24BrN3. The van der Waals surface area contributed by atoms with E-state index in [4.69, 9.17) is 0 Å². The number of hydrogen-bond acceptors (Lipinski definition) is 2. The summed E-state index contributed by atoms with van der Waals surface area (Å²) < 4.78 is 2.10. The van der Waals surface area contributed by atoms with Gasteiger partial charge in [0.05, 0.1) is 5.33 Å². The van der Waals surface area contributed by atoms with Gasteiger partial charge in [0.15, 0.2) is 0 Å². The van der Waals surface area contributed by atoms with E-state index in [1.165, 1.54) is 44.9 Å². The minimum absolute atomic E-state index is 0.785. The molecule has 0 saturated carbocycles. The van der Waals surface area contributed by atoms with Crippen molar-refractivity contribution in [3.8, 4) is 0 Å². The predicted molar refractivity (Wildman–Crippen MR) is 75.3 cm³/mol. The van der Waals surface area contributed by atoms with E-state index in [1.54, 1.807) is 0 Å². The van der Waals surface area contributed by atoms with Gasteiger partial charge in [-0.3, -0.25) is 0 Å². The van der Waals surface area contributed by atoms with Crippen molar-refractivity contribution < 1.29 is 0 Å². The molecule has 17 heavy (non-hydrogen) atoms. The van der Waals surface area contributed by atoms with Crippen molar-refractivity contribution in [2.45, 2.75) is 63.6 Å². The molecule has 0 bridgehead atoms. The van der Waals surface area contributed by atoms with E-state index in [2.05, 4.69) is 37.6 Å². The first-order chi connectivity index (χ1) is 8.29. The van der Waals surface area contributed by atoms with Gasteiger partial charge in [-0.2, -0.15) is 0 Å². The number of nitrogens with zero attached hydrogens (tertiary/aromatic N) is 3. The Hall–Kier alpha value is -0.380. The van der Waals surface area contributed by atoms with Crippen molar-refractivity contribution >= 4 is 15.9 Å². The lowest BCUT2D eigenvalue weighted by Gasteiger charge is -2.02. The van der Waals surface area contributed by atoms with E-state index in [-0.39, 0.29) is 0 Å². The summed E-state index contributed by atoms with van der Waals surface area (Å²) in [5.41, 5.74) is 0. The van der Waals surface area contributed by atoms with Gasteiger partial charge in [-0.1, -0.05) is 61.4 Å². The monoisotopic (exact) mass is 301 g/mol. The number of alkyl halides is 1. The second-order valence-electron chi connectivity index (χ2n) is 4.60. The van der Waals surface area contributed by atoms with E-state index in [1.807, 2.05) is 7.05 Å². The molecule has 1 aromatic rings. The minimum Gasteiger partial charge on any atom is -0.317 e. The zero-order valence-electron chi connectivity index (χ0n) is 11.1. The first kappa shape index (κ1) is 14.7. The number of rotatable bonds is 9. The van der Waals surface area contributed by atoms with Crippen molar-refractivity contribution in [2.75, 3.05) is 0 Å². The predicted octanol–water partition coefficient (Wildman–Crippen LogP) is 4.00. The Labute approximate surface area is 113 Å². The normalized spacial score (nSPS) is 11.0. The molecule has 1 rings (SSSR count). The third kappa shape index (κ3) is 5.19. The Balaban J connectivity index is 2.11. The lowest BCUT2D eigenvalue weighted by Crippen LogP contribution is -2.01. The maximum atomic E-state index is 4.22. The summed E-state index contributed by atoms with van der Waals surface area (Å²) >= 11 is 3.42. The molecule has 1 aromatic heterocycles. The Morgan fingerprint density at radius 1 is 0.941 bits per heavy atom. The highest BCUT2D eigenvalue weighted by Gasteiger charge is 2.06. The maximum absolute atomic E-state index is 4.22. The van der Waals surface area contributed by atoms with Crippen LogP contribution in [0.25, 0.3) is 0 Å². The summed E-state index contributed by atoms with van der Waals surface area (Å²) in [5.74, 6) is 2.14. The standard InChI is InChI=1S/C13H24BrN3/c1-3-4-5-6-7-8-9-10-12-15-16-13(11-14)17(12)2/h3-11H2,1-2H3. The van der Waals surface area contributed by atoms with Crippen LogP contribution in [0.15, 0.2) is 0 Å². The van der Waals surface area contributed by atoms with Gasteiger partial charge >= 0.3 is 0 Å². The fraction of sp³-hybridized carbons (Fsp3) is 0.846. The zero-order chi connectivity index (χ0) is 12.5. The van der Waals surface area contributed by atoms with Crippen LogP contribution in [0.2, 0.25) is 0 Å². The maximum Gasteiger partial charge on any atom is 0.143 e. The molecule has 1 heterocycles. The van der Waals surface area contributed by atoms with Gasteiger partial charge in [0.1, 0.15) is 11.6 Å². The van der Waals surface area contributed by atoms with Gasteiger partial charge in [-0.25, -0.2) is 0 Å². The number of halogens is 1. The quantitative estimate of drug-likeness (QED) is 0.510. The first-order valence-electron chi connectivity index (χ1n) is 6.72. The van der Waals surface area contributed by atoms with Gasteiger partial charge < -0.3 is 4.57 Å². The molecule has 0 aromatic carbocycles. The summed E-state index contributed by atoms with van der Waals surface area (Å²) in [7, 11) is 2.05. The molecule has 0 aliphatic carbocycles. The van der Waals surface area contributed by atoms with Crippen molar-refractivity contribution in [3.63, 3.8) is 0 Å². The highest BCUT2D eigenvalue weighted by Crippen LogP contribution is 2.10. The van der Waals surface area contributed by atoms with Gasteiger partial charge in [0.25, 0.3) is 0 Å². The number of hydrogen-bond donors (Lipinski definition) is 0. The lowest BCUT2D eigenvalue weighted by molar-refractivity contribution is 0.579. The number of unbranched alkanes of at least 4 members (excludes halogenated alkanes) is 6. The molecule has 0 radical (unpaired) electrons. The van der Waals surface area contributed by atoms with E-state index in [0.717, 1.165) is 23.4 Å². The molecule has 0 saturated heterocycles. The van der Waals surface area contributed by atoms with Crippen LogP contribution in [-0.2, 0) is 18.8 Å². The number of aryl methyl sites for hydroxylation is 1. The molecule has 0 aliphatic rings. The molecule has 98 valence electrons. The van der Waals surface area contributed by atoms with Crippen LogP contribution < -0.4 is 0 Å². The van der Waals surface area contributed by atoms with Crippen LogP contribution >= 0.6 is 15.9 Å². The summed E-state index contributed by atoms with van der Waals surface area (Å²) in [6.07, 6.45) is 10.5. The van der Waals surface area contributed by atoms with Crippen LogP contribution in [0.4, 0.5) is 0 Å². The lowest BCUT2D eigenvalue weighted by atomic mass is 10.1. The summed E-state index contributed by atoms with van der Waals surface area (Å²) in [4.78, 5) is 0. The smallest absolute Gasteiger partial charge is 0.143 e. The Morgan fingerprint density at radius 2 is 1.53 bits per heavy atom. The molecule has 0 aliphatic heterocycles. The van der Waals surface area contributed by atoms with Crippen molar-refractivity contribution in [1.29, 1.82) is 0 Å². The zero-order valence-corrected chi connectivity index (χ0v) is 12.7. The van der Waals surface area contributed by atoms with Crippen LogP contribution in [0.1, 0.15) is 63.5 Å². The minimum atomic E-state index is 0.785. The van der Waals surface area contributed by atoms with Gasteiger partial charge in [-0.05, 0) is 6.42 Å². The first-order valence-corrected chi connectivity index (χ1v) is 7.84. The SMILES string of the molecule is CCCCCCCCCc1nnc(CBr)n1C. The van der Waals surface area contributed by atoms with E-state index in [9.17, 15) is 0 Å². The third-order valence-corrected chi connectivity index (χ3v) is 3.68. The second kappa shape index (κ2) is 8.67. The van der Waals surface area contributed by atoms with E-state index >= 15 is 0 Å². The van der Waals surface area contributed by atoms with Crippen LogP contribution in [0.3, 0.4) is 0 Å². The van der Waals surface area contributed by atoms with Crippen molar-refractivity contribution in [1.82, 2.24) is 14.8 Å². The van der Waals surface area contributed by atoms with Crippen molar-refractivity contribution in [3.05, 3.63) is 11.6 Å². The Morgan fingerprint density at radius 3 is 2.12 bits per heavy atom. The third-order valence-electron chi connectivity index (χ3n) is 3.18. The molecule has 0 fully saturated rings. The Bertz CT molecular complexity index is 310. The summed E-state index contributed by atoms with van der Waals surface area (Å²) in [6.45, 7) is 2.26. The van der Waals surface area contributed by atoms with Gasteiger partial charge in [0, 0.05) is 13.5 Å². The molecule has 0 atom stereocenters. The largest absolute Gasteiger partial charge is 0.317 e. The van der Waals surface area contributed by atoms with Crippen LogP contribution in [0, 0.1) is 0 Å². The summed E-state index contributed by atoms with van der Waals surface area (Å²) in [6, 6.07) is 0. The average molecular weight is 302 g/mol. The molecule has 0 N–H and O–H groups in total. The molecule has 0 amide bonds. The van der Waals surface area contributed by atoms with Gasteiger partial charge in [0.2, 0.25) is 0 Å². The highest BCUT2D eigenvalue weighted by atomic mass is 79.9. The fourth-order valence-corrected chi connectivity index (χ4v) is 2.46. The fourth-order valence-electron chi connectivity index (χ4n) is 1.97. The average Bonchev–Trinajstić information content (AvgIpc) is 2.69. The highest BCUT2D eigenvalue weighted by molar-refractivity contribution is 9.08. The molecule has 0 unspecified atom stereocenters. The molecule has 3 nitrogen and oxygen atoms in total. The summed E-state index contributed by atoms with van der Waals surface area (Å²) in [5, 5.41) is 9.14. The van der Waals surface area contributed by atoms with E-state index in [0.29, 0.717) is 0 Å². The Kier molecular flexibility index (Phi) is 7.49. The second-order valence-corrected chi connectivity index (χ2v) is 5.16. The molecule has 4 heteroatoms. The van der Waals surface area contributed by atoms with Crippen LogP contribution in [0.5, 0.6) is 0 Å². The van der Waals surface area contributed by atoms with Crippen molar-refractivity contribution in [2.24, 2.45) is 7.05 Å². The molecular weight excluding hydrogens is 278 g/mol. The molecule has 0 spiro atoms. The number of aromatic nitrogens is 3. The van der Waals surface area contributed by atoms with E-state index < -0.39 is 0 Å². The van der Waals surface area contributed by atoms with Crippen LogP contribution in [-0.4, -0.2) is 14.8 Å². The topological polar surface area (TPSA) is 30.7 Å². The van der Waals surface area contributed by atoms with Gasteiger partial charge in [-0.15, -0.1) is 10.2 Å².